The first-order valence-corrected chi connectivity index (χ1v) is 11.1. The number of ether oxygens (including phenoxy) is 1. The van der Waals surface area contributed by atoms with Gasteiger partial charge in [0.25, 0.3) is 0 Å². The average molecular weight is 435 g/mol. The monoisotopic (exact) mass is 435 g/mol. The number of nitrogens with zero attached hydrogens (tertiary/aromatic N) is 2. The molecule has 2 heterocycles. The number of aryl methyl sites for hydroxylation is 1. The summed E-state index contributed by atoms with van der Waals surface area (Å²) in [4.78, 5) is 25.8. The lowest BCUT2D eigenvalue weighted by Gasteiger charge is -2.34. The van der Waals surface area contributed by atoms with Gasteiger partial charge in [-0.3, -0.25) is 9.13 Å². The Labute approximate surface area is 168 Å². The zero-order valence-electron chi connectivity index (χ0n) is 16.9. The Morgan fingerprint density at radius 1 is 1.41 bits per heavy atom. The molecule has 0 amide bonds. The smallest absolute Gasteiger partial charge is 0.356 e. The van der Waals surface area contributed by atoms with Crippen molar-refractivity contribution in [3.63, 3.8) is 0 Å². The van der Waals surface area contributed by atoms with Gasteiger partial charge < -0.3 is 35.2 Å². The quantitative estimate of drug-likeness (QED) is 0.355. The van der Waals surface area contributed by atoms with E-state index in [1.165, 1.54) is 6.20 Å². The Kier molecular flexibility index (Phi) is 7.27. The number of nitrogens with two attached hydrogens (primary N) is 1. The third-order valence-electron chi connectivity index (χ3n) is 5.26. The van der Waals surface area contributed by atoms with Gasteiger partial charge in [0.15, 0.2) is 12.1 Å². The molecule has 0 radical (unpaired) electrons. The number of hydrogen-bond donors (Lipinski definition) is 5. The van der Waals surface area contributed by atoms with E-state index >= 15 is 0 Å². The Balaban J connectivity index is 2.24. The predicted octanol–water partition coefficient (Wildman–Crippen LogP) is 0.242. The van der Waals surface area contributed by atoms with Crippen LogP contribution in [0, 0.1) is 6.92 Å². The minimum Gasteiger partial charge on any atom is -0.388 e. The molecule has 0 bridgehead atoms. The zero-order valence-corrected chi connectivity index (χ0v) is 17.8. The van der Waals surface area contributed by atoms with Crippen LogP contribution in [0.15, 0.2) is 11.0 Å². The molecule has 11 nitrogen and oxygen atoms in total. The van der Waals surface area contributed by atoms with E-state index in [-0.39, 0.29) is 25.1 Å². The van der Waals surface area contributed by atoms with Gasteiger partial charge in [-0.05, 0) is 26.7 Å². The van der Waals surface area contributed by atoms with E-state index in [1.54, 1.807) is 27.7 Å². The van der Waals surface area contributed by atoms with E-state index in [9.17, 15) is 29.6 Å². The Morgan fingerprint density at radius 3 is 2.59 bits per heavy atom. The van der Waals surface area contributed by atoms with Gasteiger partial charge in [0.1, 0.15) is 18.0 Å². The van der Waals surface area contributed by atoms with E-state index in [4.69, 9.17) is 15.0 Å². The van der Waals surface area contributed by atoms with Crippen molar-refractivity contribution in [3.05, 3.63) is 22.2 Å². The minimum absolute atomic E-state index is 0.0311. The van der Waals surface area contributed by atoms with Crippen molar-refractivity contribution in [1.29, 1.82) is 0 Å². The van der Waals surface area contributed by atoms with Gasteiger partial charge in [-0.25, -0.2) is 4.79 Å². The second kappa shape index (κ2) is 8.81. The second-order valence-corrected chi connectivity index (χ2v) is 9.50. The Bertz CT molecular complexity index is 833. The van der Waals surface area contributed by atoms with Crippen LogP contribution in [-0.2, 0) is 13.8 Å². The van der Waals surface area contributed by atoms with Crippen LogP contribution in [0.25, 0.3) is 0 Å². The first kappa shape index (κ1) is 23.9. The van der Waals surface area contributed by atoms with E-state index < -0.39 is 49.3 Å². The fourth-order valence-corrected chi connectivity index (χ4v) is 4.59. The SMILES string of the molecule is CCC(O)P(=O)(O)OC(C)(CC)C[C@H]1O[C@@H](n2cc(C)c(N)nc2=O)[C@H](O)[C@@H]1O. The number of nitrogen functional groups attached to an aromatic ring is 1. The molecule has 3 unspecified atom stereocenters. The highest BCUT2D eigenvalue weighted by molar-refractivity contribution is 7.53. The number of aliphatic hydroxyl groups excluding tert-OH is 3. The standard InChI is InChI=1S/C17H30N3O8P/c1-5-11(21)29(25,26)28-17(4,6-2)7-10-12(22)13(23)15(27-10)20-8-9(3)14(18)19-16(20)24/h8,10-13,15,21-23H,5-7H2,1-4H3,(H,25,26)(H2,18,19,24)/t10-,11?,12-,13-,15-,17?/m1/s1. The lowest BCUT2D eigenvalue weighted by atomic mass is 9.93. The van der Waals surface area contributed by atoms with Crippen LogP contribution >= 0.6 is 7.60 Å². The topological polar surface area (TPSA) is 177 Å². The normalized spacial score (nSPS) is 29.9. The van der Waals surface area contributed by atoms with Gasteiger partial charge >= 0.3 is 13.3 Å². The van der Waals surface area contributed by atoms with Crippen molar-refractivity contribution in [2.75, 3.05) is 5.73 Å². The van der Waals surface area contributed by atoms with Crippen LogP contribution in [-0.4, -0.2) is 59.5 Å². The number of rotatable bonds is 8. The highest BCUT2D eigenvalue weighted by Gasteiger charge is 2.48. The second-order valence-electron chi connectivity index (χ2n) is 7.60. The van der Waals surface area contributed by atoms with E-state index in [2.05, 4.69) is 4.98 Å². The fraction of sp³-hybridized carbons (Fsp3) is 0.765. The van der Waals surface area contributed by atoms with Gasteiger partial charge in [0.05, 0.1) is 11.7 Å². The molecule has 7 atom stereocenters. The molecule has 1 aromatic rings. The van der Waals surface area contributed by atoms with Crippen LogP contribution in [0.1, 0.15) is 51.8 Å². The summed E-state index contributed by atoms with van der Waals surface area (Å²) in [5, 5.41) is 30.6. The van der Waals surface area contributed by atoms with Crippen LogP contribution in [0.3, 0.4) is 0 Å². The van der Waals surface area contributed by atoms with Crippen molar-refractivity contribution in [3.8, 4) is 0 Å². The maximum absolute atomic E-state index is 12.3. The molecule has 0 aliphatic carbocycles. The van der Waals surface area contributed by atoms with Crippen molar-refractivity contribution in [2.45, 2.75) is 82.9 Å². The lowest BCUT2D eigenvalue weighted by molar-refractivity contribution is -0.0694. The van der Waals surface area contributed by atoms with E-state index in [0.29, 0.717) is 5.56 Å². The molecule has 1 fully saturated rings. The summed E-state index contributed by atoms with van der Waals surface area (Å²) in [6, 6.07) is 0. The number of anilines is 1. The molecular weight excluding hydrogens is 405 g/mol. The van der Waals surface area contributed by atoms with E-state index in [0.717, 1.165) is 4.57 Å². The minimum atomic E-state index is -4.33. The van der Waals surface area contributed by atoms with E-state index in [1.807, 2.05) is 0 Å². The molecule has 166 valence electrons. The van der Waals surface area contributed by atoms with Crippen molar-refractivity contribution < 1.29 is 34.0 Å². The maximum Gasteiger partial charge on any atom is 0.356 e. The molecule has 1 aliphatic rings. The molecular formula is C17H30N3O8P. The van der Waals surface area contributed by atoms with Crippen LogP contribution in [0.2, 0.25) is 0 Å². The van der Waals surface area contributed by atoms with Crippen LogP contribution in [0.4, 0.5) is 5.82 Å². The molecule has 1 aliphatic heterocycles. The molecule has 29 heavy (non-hydrogen) atoms. The van der Waals surface area contributed by atoms with Crippen molar-refractivity contribution in [2.24, 2.45) is 0 Å². The molecule has 0 spiro atoms. The van der Waals surface area contributed by atoms with Crippen molar-refractivity contribution in [1.82, 2.24) is 9.55 Å². The maximum atomic E-state index is 12.3. The molecule has 1 aromatic heterocycles. The van der Waals surface area contributed by atoms with Crippen molar-refractivity contribution >= 4 is 13.4 Å². The fourth-order valence-electron chi connectivity index (χ4n) is 3.17. The third-order valence-corrected chi connectivity index (χ3v) is 7.08. The molecule has 0 aromatic carbocycles. The average Bonchev–Trinajstić information content (AvgIpc) is 2.91. The van der Waals surface area contributed by atoms with Crippen LogP contribution < -0.4 is 11.4 Å². The largest absolute Gasteiger partial charge is 0.388 e. The highest BCUT2D eigenvalue weighted by atomic mass is 31.2. The summed E-state index contributed by atoms with van der Waals surface area (Å²) in [6.45, 7) is 6.44. The first-order valence-electron chi connectivity index (χ1n) is 9.43. The van der Waals surface area contributed by atoms with Gasteiger partial charge in [-0.2, -0.15) is 4.98 Å². The van der Waals surface area contributed by atoms with Crippen LogP contribution in [0.5, 0.6) is 0 Å². The van der Waals surface area contributed by atoms with Gasteiger partial charge in [-0.15, -0.1) is 0 Å². The molecule has 2 rings (SSSR count). The summed E-state index contributed by atoms with van der Waals surface area (Å²) in [5.74, 6) is -1.49. The summed E-state index contributed by atoms with van der Waals surface area (Å²) in [5.41, 5.74) is 4.12. The third kappa shape index (κ3) is 5.05. The summed E-state index contributed by atoms with van der Waals surface area (Å²) in [6.07, 6.45) is -3.41. The predicted molar refractivity (Wildman–Crippen MR) is 104 cm³/mol. The summed E-state index contributed by atoms with van der Waals surface area (Å²) >= 11 is 0. The molecule has 6 N–H and O–H groups in total. The first-order chi connectivity index (χ1) is 13.3. The lowest BCUT2D eigenvalue weighted by Crippen LogP contribution is -2.39. The number of aliphatic hydroxyl groups is 3. The Hall–Kier alpha value is -1.33. The van der Waals surface area contributed by atoms with Gasteiger partial charge in [0, 0.05) is 18.2 Å². The number of aromatic nitrogens is 2. The highest BCUT2D eigenvalue weighted by Crippen LogP contribution is 2.53. The Morgan fingerprint density at radius 2 is 2.03 bits per heavy atom. The molecule has 1 saturated heterocycles. The van der Waals surface area contributed by atoms with Gasteiger partial charge in [-0.1, -0.05) is 13.8 Å². The summed E-state index contributed by atoms with van der Waals surface area (Å²) in [7, 11) is -4.33. The number of hydrogen-bond acceptors (Lipinski definition) is 9. The zero-order chi connectivity index (χ0) is 22.1. The molecule has 12 heteroatoms. The molecule has 0 saturated carbocycles. The van der Waals surface area contributed by atoms with Gasteiger partial charge in [0.2, 0.25) is 0 Å². The summed E-state index contributed by atoms with van der Waals surface area (Å²) < 4.78 is 24.4.